The predicted octanol–water partition coefficient (Wildman–Crippen LogP) is 3.53. The summed E-state index contributed by atoms with van der Waals surface area (Å²) in [6, 6.07) is 11.5. The molecular weight excluding hydrogens is 298 g/mol. The van der Waals surface area contributed by atoms with E-state index in [1.165, 1.54) is 0 Å². The van der Waals surface area contributed by atoms with E-state index in [2.05, 4.69) is 29.5 Å². The van der Waals surface area contributed by atoms with Crippen LogP contribution >= 0.6 is 11.6 Å². The van der Waals surface area contributed by atoms with Crippen molar-refractivity contribution < 1.29 is 4.79 Å². The van der Waals surface area contributed by atoms with Crippen LogP contribution in [0, 0.1) is 0 Å². The van der Waals surface area contributed by atoms with Crippen molar-refractivity contribution in [2.75, 3.05) is 11.9 Å². The molecule has 0 aliphatic heterocycles. The third kappa shape index (κ3) is 5.04. The van der Waals surface area contributed by atoms with E-state index in [4.69, 9.17) is 11.6 Å². The molecule has 0 saturated carbocycles. The van der Waals surface area contributed by atoms with Gasteiger partial charge in [0.15, 0.2) is 0 Å². The van der Waals surface area contributed by atoms with Gasteiger partial charge in [-0.05, 0) is 50.1 Å². The van der Waals surface area contributed by atoms with Gasteiger partial charge in [0.05, 0.1) is 11.9 Å². The van der Waals surface area contributed by atoms with Crippen molar-refractivity contribution in [3.05, 3.63) is 58.9 Å². The Morgan fingerprint density at radius 1 is 1.18 bits per heavy atom. The van der Waals surface area contributed by atoms with Gasteiger partial charge < -0.3 is 10.6 Å². The van der Waals surface area contributed by atoms with E-state index in [1.54, 1.807) is 12.3 Å². The van der Waals surface area contributed by atoms with E-state index in [0.29, 0.717) is 23.3 Å². The number of rotatable bonds is 6. The number of hydrogen-bond acceptors (Lipinski definition) is 3. The van der Waals surface area contributed by atoms with Crippen molar-refractivity contribution in [2.24, 2.45) is 0 Å². The van der Waals surface area contributed by atoms with Gasteiger partial charge in [-0.1, -0.05) is 23.7 Å². The number of aromatic nitrogens is 1. The van der Waals surface area contributed by atoms with Crippen molar-refractivity contribution >= 4 is 23.2 Å². The molecule has 4 nitrogen and oxygen atoms in total. The summed E-state index contributed by atoms with van der Waals surface area (Å²) in [4.78, 5) is 16.2. The van der Waals surface area contributed by atoms with E-state index in [0.717, 1.165) is 17.7 Å². The summed E-state index contributed by atoms with van der Waals surface area (Å²) < 4.78 is 0. The number of carbonyl (C=O) groups excluding carboxylic acids is 1. The smallest absolute Gasteiger partial charge is 0.269 e. The molecule has 0 saturated heterocycles. The number of amides is 1. The van der Waals surface area contributed by atoms with Crippen LogP contribution in [0.4, 0.5) is 5.69 Å². The number of anilines is 1. The van der Waals surface area contributed by atoms with Crippen LogP contribution < -0.4 is 10.6 Å². The number of hydrogen-bond donors (Lipinski definition) is 2. The van der Waals surface area contributed by atoms with E-state index < -0.39 is 0 Å². The third-order valence-corrected chi connectivity index (χ3v) is 3.32. The van der Waals surface area contributed by atoms with Crippen LogP contribution in [0.3, 0.4) is 0 Å². The van der Waals surface area contributed by atoms with E-state index in [9.17, 15) is 4.79 Å². The molecule has 2 aromatic rings. The first-order valence-electron chi connectivity index (χ1n) is 7.30. The lowest BCUT2D eigenvalue weighted by atomic mass is 10.1. The highest BCUT2D eigenvalue weighted by Gasteiger charge is 2.06. The van der Waals surface area contributed by atoms with Gasteiger partial charge in [-0.3, -0.25) is 4.79 Å². The second-order valence-corrected chi connectivity index (χ2v) is 5.80. The molecule has 0 spiro atoms. The SMILES string of the molecule is CC(C)Nc1ccc(C(=O)NCCc2ccc(Cl)cc2)nc1. The second kappa shape index (κ2) is 7.80. The van der Waals surface area contributed by atoms with Crippen molar-refractivity contribution in [1.29, 1.82) is 0 Å². The minimum Gasteiger partial charge on any atom is -0.382 e. The van der Waals surface area contributed by atoms with Crippen molar-refractivity contribution in [3.8, 4) is 0 Å². The summed E-state index contributed by atoms with van der Waals surface area (Å²) in [5.74, 6) is -0.162. The molecular formula is C17H20ClN3O. The fourth-order valence-corrected chi connectivity index (χ4v) is 2.13. The van der Waals surface area contributed by atoms with Crippen molar-refractivity contribution in [2.45, 2.75) is 26.3 Å². The molecule has 5 heteroatoms. The fraction of sp³-hybridized carbons (Fsp3) is 0.294. The fourth-order valence-electron chi connectivity index (χ4n) is 2.01. The molecule has 1 heterocycles. The molecule has 1 aromatic carbocycles. The molecule has 0 unspecified atom stereocenters. The quantitative estimate of drug-likeness (QED) is 0.857. The third-order valence-electron chi connectivity index (χ3n) is 3.06. The Labute approximate surface area is 135 Å². The number of pyridine rings is 1. The minimum atomic E-state index is -0.162. The molecule has 1 amide bonds. The summed E-state index contributed by atoms with van der Waals surface area (Å²) in [6.45, 7) is 4.67. The standard InChI is InChI=1S/C17H20ClN3O/c1-12(2)21-15-7-8-16(20-11-15)17(22)19-10-9-13-3-5-14(18)6-4-13/h3-8,11-12,21H,9-10H2,1-2H3,(H,19,22). The number of halogens is 1. The van der Waals surface area contributed by atoms with Crippen molar-refractivity contribution in [3.63, 3.8) is 0 Å². The number of nitrogens with one attached hydrogen (secondary N) is 2. The molecule has 2 rings (SSSR count). The molecule has 1 aromatic heterocycles. The van der Waals surface area contributed by atoms with Gasteiger partial charge in [0.1, 0.15) is 5.69 Å². The zero-order chi connectivity index (χ0) is 15.9. The van der Waals surface area contributed by atoms with E-state index >= 15 is 0 Å². The Hall–Kier alpha value is -2.07. The Balaban J connectivity index is 1.83. The largest absolute Gasteiger partial charge is 0.382 e. The zero-order valence-corrected chi connectivity index (χ0v) is 13.5. The maximum atomic E-state index is 12.0. The summed E-state index contributed by atoms with van der Waals surface area (Å²) in [7, 11) is 0. The summed E-state index contributed by atoms with van der Waals surface area (Å²) in [5.41, 5.74) is 2.47. The van der Waals surface area contributed by atoms with Crippen LogP contribution in [-0.2, 0) is 6.42 Å². The normalized spacial score (nSPS) is 10.5. The first kappa shape index (κ1) is 16.3. The molecule has 0 atom stereocenters. The topological polar surface area (TPSA) is 54.0 Å². The van der Waals surface area contributed by atoms with Crippen LogP contribution in [0.25, 0.3) is 0 Å². The zero-order valence-electron chi connectivity index (χ0n) is 12.8. The first-order chi connectivity index (χ1) is 10.5. The number of nitrogens with zero attached hydrogens (tertiary/aromatic N) is 1. The van der Waals surface area contributed by atoms with Crippen molar-refractivity contribution in [1.82, 2.24) is 10.3 Å². The lowest BCUT2D eigenvalue weighted by Crippen LogP contribution is -2.26. The number of carbonyl (C=O) groups is 1. The highest BCUT2D eigenvalue weighted by atomic mass is 35.5. The lowest BCUT2D eigenvalue weighted by molar-refractivity contribution is 0.0949. The average molecular weight is 318 g/mol. The van der Waals surface area contributed by atoms with Gasteiger partial charge in [-0.25, -0.2) is 4.98 Å². The van der Waals surface area contributed by atoms with Crippen LogP contribution in [0.2, 0.25) is 5.02 Å². The molecule has 0 aliphatic carbocycles. The Morgan fingerprint density at radius 3 is 2.50 bits per heavy atom. The highest BCUT2D eigenvalue weighted by Crippen LogP contribution is 2.10. The molecule has 0 bridgehead atoms. The Kier molecular flexibility index (Phi) is 5.78. The first-order valence-corrected chi connectivity index (χ1v) is 7.67. The monoisotopic (exact) mass is 317 g/mol. The van der Waals surface area contributed by atoms with Gasteiger partial charge in [0.2, 0.25) is 0 Å². The van der Waals surface area contributed by atoms with Crippen LogP contribution in [0.5, 0.6) is 0 Å². The second-order valence-electron chi connectivity index (χ2n) is 5.36. The van der Waals surface area contributed by atoms with Gasteiger partial charge >= 0.3 is 0 Å². The molecule has 116 valence electrons. The van der Waals surface area contributed by atoms with Gasteiger partial charge in [-0.2, -0.15) is 0 Å². The maximum absolute atomic E-state index is 12.0. The van der Waals surface area contributed by atoms with E-state index in [1.807, 2.05) is 30.3 Å². The van der Waals surface area contributed by atoms with E-state index in [-0.39, 0.29) is 5.91 Å². The minimum absolute atomic E-state index is 0.162. The summed E-state index contributed by atoms with van der Waals surface area (Å²) in [5, 5.41) is 6.82. The highest BCUT2D eigenvalue weighted by molar-refractivity contribution is 6.30. The van der Waals surface area contributed by atoms with Gasteiger partial charge in [0.25, 0.3) is 5.91 Å². The average Bonchev–Trinajstić information content (AvgIpc) is 2.49. The summed E-state index contributed by atoms with van der Waals surface area (Å²) >= 11 is 5.84. The molecule has 0 fully saturated rings. The van der Waals surface area contributed by atoms with Gasteiger partial charge in [-0.15, -0.1) is 0 Å². The predicted molar refractivity (Wildman–Crippen MR) is 90.5 cm³/mol. The lowest BCUT2D eigenvalue weighted by Gasteiger charge is -2.10. The molecule has 2 N–H and O–H groups in total. The molecule has 0 radical (unpaired) electrons. The van der Waals surface area contributed by atoms with Crippen LogP contribution in [0.1, 0.15) is 29.9 Å². The van der Waals surface area contributed by atoms with Gasteiger partial charge in [0, 0.05) is 17.6 Å². The summed E-state index contributed by atoms with van der Waals surface area (Å²) in [6.07, 6.45) is 2.43. The Bertz CT molecular complexity index is 609. The Morgan fingerprint density at radius 2 is 1.91 bits per heavy atom. The number of benzene rings is 1. The van der Waals surface area contributed by atoms with Crippen LogP contribution in [-0.4, -0.2) is 23.5 Å². The van der Waals surface area contributed by atoms with Crippen LogP contribution in [0.15, 0.2) is 42.6 Å². The maximum Gasteiger partial charge on any atom is 0.269 e. The molecule has 0 aliphatic rings. The molecule has 22 heavy (non-hydrogen) atoms.